The average molecular weight is 329 g/mol. The molecule has 1 aromatic carbocycles. The molecule has 0 aliphatic rings. The molecule has 0 aromatic heterocycles. The second-order valence-electron chi connectivity index (χ2n) is 4.84. The van der Waals surface area contributed by atoms with E-state index in [-0.39, 0.29) is 0 Å². The van der Waals surface area contributed by atoms with Gasteiger partial charge in [0.2, 0.25) is 0 Å². The number of urea groups is 1. The summed E-state index contributed by atoms with van der Waals surface area (Å²) in [5.41, 5.74) is -0.320. The summed E-state index contributed by atoms with van der Waals surface area (Å²) in [4.78, 5) is 24.3. The summed E-state index contributed by atoms with van der Waals surface area (Å²) in [5, 5.41) is 11.4. The van der Waals surface area contributed by atoms with Gasteiger partial charge in [-0.1, -0.05) is 28.1 Å². The lowest BCUT2D eigenvalue weighted by molar-refractivity contribution is -0.143. The van der Waals surface area contributed by atoms with Crippen LogP contribution in [0.1, 0.15) is 19.4 Å². The van der Waals surface area contributed by atoms with E-state index in [1.165, 1.54) is 18.7 Å². The molecule has 0 saturated heterocycles. The van der Waals surface area contributed by atoms with Gasteiger partial charge in [0, 0.05) is 18.1 Å². The topological polar surface area (TPSA) is 69.6 Å². The van der Waals surface area contributed by atoms with Crippen molar-refractivity contribution in [2.24, 2.45) is 0 Å². The molecule has 0 fully saturated rings. The van der Waals surface area contributed by atoms with E-state index in [0.29, 0.717) is 6.54 Å². The Bertz CT molecular complexity index is 471. The zero-order valence-corrected chi connectivity index (χ0v) is 12.7. The maximum atomic E-state index is 11.9. The van der Waals surface area contributed by atoms with Gasteiger partial charge >= 0.3 is 12.0 Å². The van der Waals surface area contributed by atoms with Gasteiger partial charge in [-0.05, 0) is 31.5 Å². The first-order valence-electron chi connectivity index (χ1n) is 5.73. The first-order valence-corrected chi connectivity index (χ1v) is 6.53. The fourth-order valence-electron chi connectivity index (χ4n) is 1.35. The molecule has 0 saturated carbocycles. The van der Waals surface area contributed by atoms with Crippen LogP contribution in [0.15, 0.2) is 28.7 Å². The van der Waals surface area contributed by atoms with Crippen LogP contribution in [0.4, 0.5) is 4.79 Å². The van der Waals surface area contributed by atoms with E-state index >= 15 is 0 Å². The lowest BCUT2D eigenvalue weighted by atomic mass is 10.1. The average Bonchev–Trinajstić information content (AvgIpc) is 2.31. The van der Waals surface area contributed by atoms with E-state index in [2.05, 4.69) is 21.2 Å². The van der Waals surface area contributed by atoms with Gasteiger partial charge in [0.1, 0.15) is 5.54 Å². The number of carbonyl (C=O) groups is 2. The number of carboxylic acids is 1. The monoisotopic (exact) mass is 328 g/mol. The van der Waals surface area contributed by atoms with Gasteiger partial charge in [-0.15, -0.1) is 0 Å². The van der Waals surface area contributed by atoms with Gasteiger partial charge < -0.3 is 15.3 Å². The van der Waals surface area contributed by atoms with Gasteiger partial charge in [-0.3, -0.25) is 0 Å². The zero-order valence-electron chi connectivity index (χ0n) is 11.1. The second kappa shape index (κ2) is 6.06. The number of halogens is 1. The summed E-state index contributed by atoms with van der Waals surface area (Å²) >= 11 is 3.34. The van der Waals surface area contributed by atoms with Crippen LogP contribution >= 0.6 is 15.9 Å². The van der Waals surface area contributed by atoms with Crippen molar-refractivity contribution in [3.05, 3.63) is 34.3 Å². The standard InChI is InChI=1S/C13H17BrN2O3/c1-13(2,11(17)18)15-12(19)16(3)8-9-4-6-10(14)7-5-9/h4-7H,8H2,1-3H3,(H,15,19)(H,17,18). The van der Waals surface area contributed by atoms with Crippen molar-refractivity contribution >= 4 is 27.9 Å². The van der Waals surface area contributed by atoms with E-state index in [4.69, 9.17) is 5.11 Å². The maximum Gasteiger partial charge on any atom is 0.328 e. The summed E-state index contributed by atoms with van der Waals surface area (Å²) in [5.74, 6) is -1.07. The number of hydrogen-bond acceptors (Lipinski definition) is 2. The normalized spacial score (nSPS) is 10.9. The number of rotatable bonds is 4. The first kappa shape index (κ1) is 15.5. The fourth-order valence-corrected chi connectivity index (χ4v) is 1.62. The molecule has 0 aliphatic carbocycles. The molecule has 0 unspecified atom stereocenters. The number of hydrogen-bond donors (Lipinski definition) is 2. The number of amides is 2. The van der Waals surface area contributed by atoms with Gasteiger partial charge in [0.15, 0.2) is 0 Å². The Kier molecular flexibility index (Phi) is 4.94. The molecule has 1 aromatic rings. The Morgan fingerprint density at radius 3 is 2.32 bits per heavy atom. The number of nitrogens with one attached hydrogen (secondary N) is 1. The van der Waals surface area contributed by atoms with Crippen molar-refractivity contribution in [3.63, 3.8) is 0 Å². The molecular weight excluding hydrogens is 312 g/mol. The molecular formula is C13H17BrN2O3. The molecule has 6 heteroatoms. The van der Waals surface area contributed by atoms with Crippen molar-refractivity contribution in [1.82, 2.24) is 10.2 Å². The summed E-state index contributed by atoms with van der Waals surface area (Å²) < 4.78 is 0.968. The van der Waals surface area contributed by atoms with Crippen LogP contribution in [0.2, 0.25) is 0 Å². The maximum absolute atomic E-state index is 11.9. The smallest absolute Gasteiger partial charge is 0.328 e. The van der Waals surface area contributed by atoms with Crippen LogP contribution in [-0.2, 0) is 11.3 Å². The van der Waals surface area contributed by atoms with E-state index < -0.39 is 17.5 Å². The molecule has 2 amide bonds. The minimum atomic E-state index is -1.29. The highest BCUT2D eigenvalue weighted by atomic mass is 79.9. The molecule has 0 bridgehead atoms. The lowest BCUT2D eigenvalue weighted by Crippen LogP contribution is -2.53. The van der Waals surface area contributed by atoms with Crippen molar-refractivity contribution in [3.8, 4) is 0 Å². The number of carboxylic acid groups (broad SMARTS) is 1. The van der Waals surface area contributed by atoms with E-state index in [1.54, 1.807) is 7.05 Å². The molecule has 0 heterocycles. The molecule has 0 aliphatic heterocycles. The van der Waals surface area contributed by atoms with Crippen molar-refractivity contribution in [2.75, 3.05) is 7.05 Å². The predicted octanol–water partition coefficient (Wildman–Crippen LogP) is 2.45. The quantitative estimate of drug-likeness (QED) is 0.891. The molecule has 5 nitrogen and oxygen atoms in total. The third-order valence-electron chi connectivity index (χ3n) is 2.63. The number of nitrogens with zero attached hydrogens (tertiary/aromatic N) is 1. The summed E-state index contributed by atoms with van der Waals surface area (Å²) in [6.45, 7) is 3.30. The largest absolute Gasteiger partial charge is 0.480 e. The van der Waals surface area contributed by atoms with Crippen LogP contribution in [-0.4, -0.2) is 34.6 Å². The van der Waals surface area contributed by atoms with Gasteiger partial charge in [-0.25, -0.2) is 9.59 Å². The number of carbonyl (C=O) groups excluding carboxylic acids is 1. The van der Waals surface area contributed by atoms with Crippen molar-refractivity contribution in [1.29, 1.82) is 0 Å². The molecule has 0 atom stereocenters. The summed E-state index contributed by atoms with van der Waals surface area (Å²) in [7, 11) is 1.62. The summed E-state index contributed by atoms with van der Waals surface area (Å²) in [6.07, 6.45) is 0. The SMILES string of the molecule is CN(Cc1ccc(Br)cc1)C(=O)NC(C)(C)C(=O)O. The highest BCUT2D eigenvalue weighted by Gasteiger charge is 2.30. The van der Waals surface area contributed by atoms with Crippen molar-refractivity contribution < 1.29 is 14.7 Å². The Labute approximate surface area is 120 Å². The molecule has 2 N–H and O–H groups in total. The Morgan fingerprint density at radius 1 is 1.32 bits per heavy atom. The predicted molar refractivity (Wildman–Crippen MR) is 75.9 cm³/mol. The summed E-state index contributed by atoms with van der Waals surface area (Å²) in [6, 6.07) is 7.16. The van der Waals surface area contributed by atoms with E-state index in [0.717, 1.165) is 10.0 Å². The van der Waals surface area contributed by atoms with Crippen LogP contribution in [0.25, 0.3) is 0 Å². The van der Waals surface area contributed by atoms with Gasteiger partial charge in [0.25, 0.3) is 0 Å². The first-order chi connectivity index (χ1) is 8.72. The highest BCUT2D eigenvalue weighted by Crippen LogP contribution is 2.12. The van der Waals surface area contributed by atoms with Crippen molar-refractivity contribution in [2.45, 2.75) is 25.9 Å². The van der Waals surface area contributed by atoms with Crippen LogP contribution in [0.3, 0.4) is 0 Å². The van der Waals surface area contributed by atoms with Crippen LogP contribution in [0.5, 0.6) is 0 Å². The third-order valence-corrected chi connectivity index (χ3v) is 3.16. The Balaban J connectivity index is 2.63. The molecule has 104 valence electrons. The Hall–Kier alpha value is -1.56. The minimum absolute atomic E-state index is 0.412. The third kappa shape index (κ3) is 4.55. The lowest BCUT2D eigenvalue weighted by Gasteiger charge is -2.25. The molecule has 0 radical (unpaired) electrons. The van der Waals surface area contributed by atoms with Gasteiger partial charge in [-0.2, -0.15) is 0 Å². The van der Waals surface area contributed by atoms with E-state index in [9.17, 15) is 9.59 Å². The van der Waals surface area contributed by atoms with E-state index in [1.807, 2.05) is 24.3 Å². The van der Waals surface area contributed by atoms with Crippen LogP contribution < -0.4 is 5.32 Å². The Morgan fingerprint density at radius 2 is 1.84 bits per heavy atom. The molecule has 1 rings (SSSR count). The highest BCUT2D eigenvalue weighted by molar-refractivity contribution is 9.10. The van der Waals surface area contributed by atoms with Gasteiger partial charge in [0.05, 0.1) is 0 Å². The minimum Gasteiger partial charge on any atom is -0.480 e. The van der Waals surface area contributed by atoms with Crippen LogP contribution in [0, 0.1) is 0 Å². The molecule has 0 spiro atoms. The zero-order chi connectivity index (χ0) is 14.6. The number of aliphatic carboxylic acids is 1. The molecule has 19 heavy (non-hydrogen) atoms. The number of benzene rings is 1. The fraction of sp³-hybridized carbons (Fsp3) is 0.385. The second-order valence-corrected chi connectivity index (χ2v) is 5.76.